The van der Waals surface area contributed by atoms with Crippen LogP contribution in [0.2, 0.25) is 0 Å². The van der Waals surface area contributed by atoms with Crippen molar-refractivity contribution in [1.82, 2.24) is 14.9 Å². The molecule has 3 aromatic rings. The van der Waals surface area contributed by atoms with E-state index in [1.54, 1.807) is 25.3 Å². The van der Waals surface area contributed by atoms with Crippen molar-refractivity contribution in [2.75, 3.05) is 38.2 Å². The van der Waals surface area contributed by atoms with Gasteiger partial charge in [0.15, 0.2) is 11.5 Å². The molecule has 166 valence electrons. The summed E-state index contributed by atoms with van der Waals surface area (Å²) >= 11 is 0. The van der Waals surface area contributed by atoms with Crippen molar-refractivity contribution in [2.24, 2.45) is 0 Å². The smallest absolute Gasteiger partial charge is 0.254 e. The lowest BCUT2D eigenvalue weighted by atomic mass is 10.1. The molecule has 1 saturated heterocycles. The van der Waals surface area contributed by atoms with E-state index in [9.17, 15) is 4.79 Å². The van der Waals surface area contributed by atoms with Crippen molar-refractivity contribution in [2.45, 2.75) is 20.5 Å². The van der Waals surface area contributed by atoms with Crippen molar-refractivity contribution in [1.29, 1.82) is 0 Å². The molecule has 32 heavy (non-hydrogen) atoms. The topological polar surface area (TPSA) is 67.8 Å². The fourth-order valence-corrected chi connectivity index (χ4v) is 3.84. The molecule has 0 aliphatic carbocycles. The van der Waals surface area contributed by atoms with Gasteiger partial charge in [-0.15, -0.1) is 0 Å². The zero-order valence-corrected chi connectivity index (χ0v) is 18.7. The first-order chi connectivity index (χ1) is 15.5. The Morgan fingerprint density at radius 3 is 2.38 bits per heavy atom. The quantitative estimate of drug-likeness (QED) is 0.592. The highest BCUT2D eigenvalue weighted by Crippen LogP contribution is 2.29. The molecule has 0 N–H and O–H groups in total. The molecule has 1 aliphatic rings. The van der Waals surface area contributed by atoms with Crippen LogP contribution in [0.3, 0.4) is 0 Å². The van der Waals surface area contributed by atoms with E-state index in [0.29, 0.717) is 36.8 Å². The van der Waals surface area contributed by atoms with Crippen LogP contribution in [0.15, 0.2) is 54.6 Å². The molecule has 0 atom stereocenters. The highest BCUT2D eigenvalue weighted by Gasteiger charge is 2.24. The number of carbonyl (C=O) groups excluding carboxylic acids is 1. The zero-order chi connectivity index (χ0) is 22.5. The molecular weight excluding hydrogens is 404 g/mol. The van der Waals surface area contributed by atoms with Gasteiger partial charge in [0, 0.05) is 43.5 Å². The highest BCUT2D eigenvalue weighted by molar-refractivity contribution is 5.95. The molecule has 1 fully saturated rings. The Morgan fingerprint density at radius 2 is 1.69 bits per heavy atom. The minimum Gasteiger partial charge on any atom is -0.493 e. The fourth-order valence-electron chi connectivity index (χ4n) is 3.84. The van der Waals surface area contributed by atoms with E-state index in [0.717, 1.165) is 36.0 Å². The zero-order valence-electron chi connectivity index (χ0n) is 18.7. The van der Waals surface area contributed by atoms with Crippen molar-refractivity contribution >= 4 is 11.7 Å². The molecule has 0 radical (unpaired) electrons. The Hall–Kier alpha value is -3.61. The summed E-state index contributed by atoms with van der Waals surface area (Å²) in [5.74, 6) is 2.85. The number of rotatable bonds is 6. The summed E-state index contributed by atoms with van der Waals surface area (Å²) in [6.45, 7) is 7.04. The second-order valence-corrected chi connectivity index (χ2v) is 7.83. The molecule has 0 unspecified atom stereocenters. The summed E-state index contributed by atoms with van der Waals surface area (Å²) in [6, 6.07) is 17.3. The van der Waals surface area contributed by atoms with Crippen LogP contribution in [0.1, 0.15) is 27.4 Å². The molecule has 1 amide bonds. The van der Waals surface area contributed by atoms with Crippen LogP contribution in [-0.2, 0) is 6.61 Å². The normalized spacial score (nSPS) is 13.7. The third-order valence-corrected chi connectivity index (χ3v) is 5.49. The molecule has 1 aromatic heterocycles. The number of nitrogens with zero attached hydrogens (tertiary/aromatic N) is 4. The molecule has 2 aromatic carbocycles. The molecule has 7 nitrogen and oxygen atoms in total. The first-order valence-corrected chi connectivity index (χ1v) is 10.7. The van der Waals surface area contributed by atoms with Gasteiger partial charge in [0.05, 0.1) is 7.11 Å². The number of amides is 1. The fraction of sp³-hybridized carbons (Fsp3) is 0.320. The Balaban J connectivity index is 1.40. The lowest BCUT2D eigenvalue weighted by Crippen LogP contribution is -2.49. The van der Waals surface area contributed by atoms with Gasteiger partial charge in [-0.2, -0.15) is 0 Å². The molecule has 2 heterocycles. The third-order valence-electron chi connectivity index (χ3n) is 5.49. The minimum absolute atomic E-state index is 0.00684. The number of piperazine rings is 1. The number of aromatic nitrogens is 2. The lowest BCUT2D eigenvalue weighted by Gasteiger charge is -2.35. The van der Waals surface area contributed by atoms with Gasteiger partial charge in [0.25, 0.3) is 5.91 Å². The molecule has 0 bridgehead atoms. The van der Waals surface area contributed by atoms with Crippen molar-refractivity contribution < 1.29 is 14.3 Å². The van der Waals surface area contributed by atoms with Gasteiger partial charge in [-0.25, -0.2) is 9.97 Å². The van der Waals surface area contributed by atoms with E-state index in [2.05, 4.69) is 14.9 Å². The summed E-state index contributed by atoms with van der Waals surface area (Å²) < 4.78 is 11.4. The lowest BCUT2D eigenvalue weighted by molar-refractivity contribution is 0.0746. The number of ether oxygens (including phenoxy) is 2. The summed E-state index contributed by atoms with van der Waals surface area (Å²) in [5, 5.41) is 0. The Morgan fingerprint density at radius 1 is 0.938 bits per heavy atom. The maximum atomic E-state index is 13.1. The predicted octanol–water partition coefficient (Wildman–Crippen LogP) is 3.64. The Kier molecular flexibility index (Phi) is 6.54. The van der Waals surface area contributed by atoms with Crippen molar-refractivity contribution in [3.63, 3.8) is 0 Å². The third kappa shape index (κ3) is 4.99. The summed E-state index contributed by atoms with van der Waals surface area (Å²) in [7, 11) is 1.59. The van der Waals surface area contributed by atoms with Gasteiger partial charge in [0.2, 0.25) is 0 Å². The SMILES string of the molecule is COc1cc(C(=O)N2CCN(c3cc(C)nc(C)n3)CC2)ccc1OCc1ccccc1. The van der Waals surface area contributed by atoms with Crippen molar-refractivity contribution in [3.05, 3.63) is 77.2 Å². The molecule has 0 spiro atoms. The van der Waals surface area contributed by atoms with E-state index in [4.69, 9.17) is 9.47 Å². The standard InChI is InChI=1S/C25H28N4O3/c1-18-15-24(27-19(2)26-18)28-11-13-29(14-12-28)25(30)21-9-10-22(23(16-21)31-3)32-17-20-7-5-4-6-8-20/h4-10,15-16H,11-14,17H2,1-3H3. The van der Waals surface area contributed by atoms with Crippen LogP contribution in [0.4, 0.5) is 5.82 Å². The summed E-state index contributed by atoms with van der Waals surface area (Å²) in [6.07, 6.45) is 0. The number of hydrogen-bond donors (Lipinski definition) is 0. The monoisotopic (exact) mass is 432 g/mol. The van der Waals surface area contributed by atoms with Crippen LogP contribution in [0.25, 0.3) is 0 Å². The molecule has 4 rings (SSSR count). The first kappa shape index (κ1) is 21.6. The van der Waals surface area contributed by atoms with E-state index < -0.39 is 0 Å². The molecule has 1 aliphatic heterocycles. The Labute approximate surface area is 188 Å². The number of carbonyl (C=O) groups is 1. The molecule has 0 saturated carbocycles. The predicted molar refractivity (Wildman–Crippen MR) is 123 cm³/mol. The van der Waals surface area contributed by atoms with Crippen LogP contribution in [0.5, 0.6) is 11.5 Å². The Bertz CT molecular complexity index is 1060. The molecule has 7 heteroatoms. The summed E-state index contributed by atoms with van der Waals surface area (Å²) in [4.78, 5) is 26.0. The van der Waals surface area contributed by atoms with Gasteiger partial charge < -0.3 is 19.3 Å². The number of aryl methyl sites for hydroxylation is 2. The second-order valence-electron chi connectivity index (χ2n) is 7.83. The largest absolute Gasteiger partial charge is 0.493 e. The second kappa shape index (κ2) is 9.68. The van der Waals surface area contributed by atoms with Gasteiger partial charge in [0.1, 0.15) is 18.2 Å². The minimum atomic E-state index is -0.00684. The van der Waals surface area contributed by atoms with Gasteiger partial charge in [-0.05, 0) is 37.6 Å². The van der Waals surface area contributed by atoms with Crippen LogP contribution < -0.4 is 14.4 Å². The van der Waals surface area contributed by atoms with E-state index in [1.807, 2.05) is 55.1 Å². The number of methoxy groups -OCH3 is 1. The molecular formula is C25H28N4O3. The maximum Gasteiger partial charge on any atom is 0.254 e. The van der Waals surface area contributed by atoms with Crippen LogP contribution >= 0.6 is 0 Å². The van der Waals surface area contributed by atoms with Gasteiger partial charge >= 0.3 is 0 Å². The number of anilines is 1. The van der Waals surface area contributed by atoms with Gasteiger partial charge in [-0.1, -0.05) is 30.3 Å². The average Bonchev–Trinajstić information content (AvgIpc) is 2.82. The van der Waals surface area contributed by atoms with Crippen molar-refractivity contribution in [3.8, 4) is 11.5 Å². The maximum absolute atomic E-state index is 13.1. The van der Waals surface area contributed by atoms with Gasteiger partial charge in [-0.3, -0.25) is 4.79 Å². The van der Waals surface area contributed by atoms with E-state index >= 15 is 0 Å². The van der Waals surface area contributed by atoms with Crippen LogP contribution in [0, 0.1) is 13.8 Å². The highest BCUT2D eigenvalue weighted by atomic mass is 16.5. The first-order valence-electron chi connectivity index (χ1n) is 10.7. The van der Waals surface area contributed by atoms with E-state index in [-0.39, 0.29) is 5.91 Å². The van der Waals surface area contributed by atoms with E-state index in [1.165, 1.54) is 0 Å². The number of hydrogen-bond acceptors (Lipinski definition) is 6. The average molecular weight is 433 g/mol. The van der Waals surface area contributed by atoms with Crippen LogP contribution in [-0.4, -0.2) is 54.1 Å². The summed E-state index contributed by atoms with van der Waals surface area (Å²) in [5.41, 5.74) is 2.62. The number of benzene rings is 2.